The first-order valence-electron chi connectivity index (χ1n) is 5.33. The summed E-state index contributed by atoms with van der Waals surface area (Å²) in [5.74, 6) is -1.91. The summed E-state index contributed by atoms with van der Waals surface area (Å²) in [6.45, 7) is 0. The molecule has 0 saturated carbocycles. The maximum atomic E-state index is 12.9. The van der Waals surface area contributed by atoms with Crippen LogP contribution in [0.25, 0.3) is 0 Å². The number of Topliss-reactive ketones (excluding diaryl/α,β-unsaturated/α-hetero) is 1. The van der Waals surface area contributed by atoms with E-state index in [1.807, 2.05) is 0 Å². The van der Waals surface area contributed by atoms with Crippen molar-refractivity contribution < 1.29 is 14.0 Å². The highest BCUT2D eigenvalue weighted by atomic mass is 19.1. The summed E-state index contributed by atoms with van der Waals surface area (Å²) in [6.07, 6.45) is 0. The average Bonchev–Trinajstić information content (AvgIpc) is 2.39. The number of rotatable bonds is 3. The quantitative estimate of drug-likeness (QED) is 0.665. The van der Waals surface area contributed by atoms with Crippen molar-refractivity contribution in [1.82, 2.24) is 0 Å². The van der Waals surface area contributed by atoms with Gasteiger partial charge in [-0.1, -0.05) is 36.4 Å². The lowest BCUT2D eigenvalue weighted by Crippen LogP contribution is -2.22. The third-order valence-electron chi connectivity index (χ3n) is 2.32. The maximum absolute atomic E-state index is 12.9. The molecule has 2 aromatic carbocycles. The fraction of sp³-hybridized carbons (Fsp3) is 0. The van der Waals surface area contributed by atoms with Crippen LogP contribution in [0.4, 0.5) is 10.1 Å². The number of hydrogen-bond donors (Lipinski definition) is 1. The summed E-state index contributed by atoms with van der Waals surface area (Å²) in [5, 5.41) is 2.35. The molecule has 2 aromatic rings. The van der Waals surface area contributed by atoms with E-state index in [4.69, 9.17) is 0 Å². The molecule has 0 atom stereocenters. The van der Waals surface area contributed by atoms with Gasteiger partial charge in [0.05, 0.1) is 0 Å². The van der Waals surface area contributed by atoms with Crippen molar-refractivity contribution in [2.24, 2.45) is 0 Å². The Kier molecular flexibility index (Phi) is 3.48. The second-order valence-electron chi connectivity index (χ2n) is 3.66. The van der Waals surface area contributed by atoms with E-state index in [2.05, 4.69) is 5.32 Å². The van der Waals surface area contributed by atoms with E-state index < -0.39 is 17.5 Å². The van der Waals surface area contributed by atoms with Crippen LogP contribution in [0, 0.1) is 5.82 Å². The minimum atomic E-state index is -0.785. The van der Waals surface area contributed by atoms with Crippen molar-refractivity contribution in [2.75, 3.05) is 5.32 Å². The molecule has 0 heterocycles. The molecule has 0 aliphatic carbocycles. The molecule has 18 heavy (non-hydrogen) atoms. The maximum Gasteiger partial charge on any atom is 0.296 e. The first-order chi connectivity index (χ1) is 8.66. The lowest BCUT2D eigenvalue weighted by atomic mass is 10.1. The number of ketones is 1. The van der Waals surface area contributed by atoms with Gasteiger partial charge >= 0.3 is 0 Å². The van der Waals surface area contributed by atoms with E-state index in [-0.39, 0.29) is 5.69 Å². The van der Waals surface area contributed by atoms with E-state index in [1.165, 1.54) is 18.2 Å². The van der Waals surface area contributed by atoms with E-state index >= 15 is 0 Å². The van der Waals surface area contributed by atoms with Gasteiger partial charge in [0.15, 0.2) is 0 Å². The third-order valence-corrected chi connectivity index (χ3v) is 2.32. The molecule has 0 radical (unpaired) electrons. The van der Waals surface area contributed by atoms with Gasteiger partial charge in [0.1, 0.15) is 5.82 Å². The zero-order chi connectivity index (χ0) is 13.0. The highest BCUT2D eigenvalue weighted by Crippen LogP contribution is 2.10. The number of amides is 1. The minimum Gasteiger partial charge on any atom is -0.319 e. The Hall–Kier alpha value is -2.49. The van der Waals surface area contributed by atoms with Gasteiger partial charge in [-0.25, -0.2) is 4.39 Å². The molecular weight excluding hydrogens is 233 g/mol. The van der Waals surface area contributed by atoms with Crippen LogP contribution in [0.2, 0.25) is 0 Å². The van der Waals surface area contributed by atoms with Crippen molar-refractivity contribution >= 4 is 17.4 Å². The number of halogens is 1. The van der Waals surface area contributed by atoms with Gasteiger partial charge in [-0.15, -0.1) is 0 Å². The molecule has 0 fully saturated rings. The van der Waals surface area contributed by atoms with Gasteiger partial charge < -0.3 is 5.32 Å². The van der Waals surface area contributed by atoms with Crippen LogP contribution in [-0.2, 0) is 4.79 Å². The van der Waals surface area contributed by atoms with Gasteiger partial charge in [0.25, 0.3) is 11.7 Å². The molecule has 3 nitrogen and oxygen atoms in total. The number of hydrogen-bond acceptors (Lipinski definition) is 2. The van der Waals surface area contributed by atoms with Crippen LogP contribution in [0.15, 0.2) is 54.6 Å². The van der Waals surface area contributed by atoms with Crippen molar-refractivity contribution in [1.29, 1.82) is 0 Å². The van der Waals surface area contributed by atoms with Crippen LogP contribution in [0.1, 0.15) is 10.4 Å². The number of nitrogens with one attached hydrogen (secondary N) is 1. The fourth-order valence-corrected chi connectivity index (χ4v) is 1.47. The largest absolute Gasteiger partial charge is 0.319 e. The Balaban J connectivity index is 2.11. The van der Waals surface area contributed by atoms with E-state index in [0.29, 0.717) is 5.56 Å². The molecule has 0 aliphatic rings. The molecule has 2 rings (SSSR count). The monoisotopic (exact) mass is 243 g/mol. The van der Waals surface area contributed by atoms with Gasteiger partial charge in [0, 0.05) is 11.3 Å². The van der Waals surface area contributed by atoms with Gasteiger partial charge in [0.2, 0.25) is 0 Å². The van der Waals surface area contributed by atoms with Gasteiger partial charge in [-0.3, -0.25) is 9.59 Å². The van der Waals surface area contributed by atoms with Gasteiger partial charge in [-0.05, 0) is 18.2 Å². The second kappa shape index (κ2) is 5.23. The van der Waals surface area contributed by atoms with Crippen LogP contribution >= 0.6 is 0 Å². The number of benzene rings is 2. The molecule has 0 aromatic heterocycles. The molecule has 1 N–H and O–H groups in total. The summed E-state index contributed by atoms with van der Waals surface area (Å²) in [7, 11) is 0. The fourth-order valence-electron chi connectivity index (χ4n) is 1.47. The van der Waals surface area contributed by atoms with Crippen molar-refractivity contribution in [2.45, 2.75) is 0 Å². The van der Waals surface area contributed by atoms with Gasteiger partial charge in [-0.2, -0.15) is 0 Å². The summed E-state index contributed by atoms with van der Waals surface area (Å²) < 4.78 is 12.9. The normalized spacial score (nSPS) is 9.83. The zero-order valence-electron chi connectivity index (χ0n) is 9.39. The first kappa shape index (κ1) is 12.0. The van der Waals surface area contributed by atoms with Crippen LogP contribution in [-0.4, -0.2) is 11.7 Å². The Labute approximate surface area is 103 Å². The summed E-state index contributed by atoms with van der Waals surface area (Å²) in [5.41, 5.74) is 0.552. The molecule has 0 spiro atoms. The molecule has 90 valence electrons. The predicted molar refractivity (Wildman–Crippen MR) is 65.8 cm³/mol. The van der Waals surface area contributed by atoms with E-state index in [0.717, 1.165) is 6.07 Å². The molecule has 0 saturated heterocycles. The molecule has 0 aliphatic heterocycles. The zero-order valence-corrected chi connectivity index (χ0v) is 9.39. The van der Waals surface area contributed by atoms with Crippen LogP contribution < -0.4 is 5.32 Å². The SMILES string of the molecule is O=C(Nc1cccc(F)c1)C(=O)c1ccccc1. The average molecular weight is 243 g/mol. The lowest BCUT2D eigenvalue weighted by molar-refractivity contribution is -0.112. The third kappa shape index (κ3) is 2.79. The summed E-state index contributed by atoms with van der Waals surface area (Å²) >= 11 is 0. The Bertz CT molecular complexity index is 581. The van der Waals surface area contributed by atoms with Crippen molar-refractivity contribution in [3.05, 3.63) is 66.0 Å². The van der Waals surface area contributed by atoms with Crippen molar-refractivity contribution in [3.63, 3.8) is 0 Å². The van der Waals surface area contributed by atoms with Crippen LogP contribution in [0.5, 0.6) is 0 Å². The smallest absolute Gasteiger partial charge is 0.296 e. The van der Waals surface area contributed by atoms with Crippen molar-refractivity contribution in [3.8, 4) is 0 Å². The highest BCUT2D eigenvalue weighted by Gasteiger charge is 2.15. The molecule has 0 bridgehead atoms. The Morgan fingerprint density at radius 1 is 0.944 bits per heavy atom. The lowest BCUT2D eigenvalue weighted by Gasteiger charge is -2.04. The molecule has 1 amide bonds. The number of carbonyl (C=O) groups is 2. The van der Waals surface area contributed by atoms with Crippen LogP contribution in [0.3, 0.4) is 0 Å². The Morgan fingerprint density at radius 2 is 1.67 bits per heavy atom. The Morgan fingerprint density at radius 3 is 2.33 bits per heavy atom. The molecule has 4 heteroatoms. The minimum absolute atomic E-state index is 0.254. The first-order valence-corrected chi connectivity index (χ1v) is 5.33. The number of carbonyl (C=O) groups excluding carboxylic acids is 2. The number of anilines is 1. The van der Waals surface area contributed by atoms with E-state index in [1.54, 1.807) is 30.3 Å². The van der Waals surface area contributed by atoms with E-state index in [9.17, 15) is 14.0 Å². The standard InChI is InChI=1S/C14H10FNO2/c15-11-7-4-8-12(9-11)16-14(18)13(17)10-5-2-1-3-6-10/h1-9H,(H,16,18). The molecular formula is C14H10FNO2. The second-order valence-corrected chi connectivity index (χ2v) is 3.66. The molecule has 0 unspecified atom stereocenters. The highest BCUT2D eigenvalue weighted by molar-refractivity contribution is 6.46. The topological polar surface area (TPSA) is 46.2 Å². The predicted octanol–water partition coefficient (Wildman–Crippen LogP) is 2.65. The summed E-state index contributed by atoms with van der Waals surface area (Å²) in [6, 6.07) is 13.6. The summed E-state index contributed by atoms with van der Waals surface area (Å²) in [4.78, 5) is 23.4.